The van der Waals surface area contributed by atoms with Gasteiger partial charge in [0.15, 0.2) is 11.5 Å². The van der Waals surface area contributed by atoms with Crippen molar-refractivity contribution in [3.8, 4) is 11.5 Å². The van der Waals surface area contributed by atoms with Gasteiger partial charge < -0.3 is 19.7 Å². The van der Waals surface area contributed by atoms with E-state index in [9.17, 15) is 4.79 Å². The first-order valence-corrected chi connectivity index (χ1v) is 9.47. The first-order chi connectivity index (χ1) is 13.2. The molecule has 0 aliphatic carbocycles. The summed E-state index contributed by atoms with van der Waals surface area (Å²) in [5.74, 6) is 1.71. The molecule has 0 radical (unpaired) electrons. The van der Waals surface area contributed by atoms with E-state index in [4.69, 9.17) is 9.47 Å². The monoisotopic (exact) mass is 368 g/mol. The number of rotatable bonds is 8. The normalized spacial score (nSPS) is 13.2. The van der Waals surface area contributed by atoms with Gasteiger partial charge >= 0.3 is 0 Å². The summed E-state index contributed by atoms with van der Waals surface area (Å²) in [6.45, 7) is 3.08. The summed E-state index contributed by atoms with van der Waals surface area (Å²) in [5.41, 5.74) is 3.83. The van der Waals surface area contributed by atoms with Crippen LogP contribution in [0.25, 0.3) is 0 Å². The highest BCUT2D eigenvalue weighted by Gasteiger charge is 2.19. The van der Waals surface area contributed by atoms with Crippen molar-refractivity contribution >= 4 is 5.91 Å². The van der Waals surface area contributed by atoms with Crippen LogP contribution in [0.15, 0.2) is 42.5 Å². The van der Waals surface area contributed by atoms with Crippen LogP contribution in [-0.4, -0.2) is 44.7 Å². The third-order valence-electron chi connectivity index (χ3n) is 5.04. The number of methoxy groups -OCH3 is 2. The average Bonchev–Trinajstić information content (AvgIpc) is 2.72. The molecule has 5 heteroatoms. The van der Waals surface area contributed by atoms with Gasteiger partial charge in [0, 0.05) is 26.1 Å². The number of carbonyl (C=O) groups excluding carboxylic acids is 1. The molecule has 0 unspecified atom stereocenters. The van der Waals surface area contributed by atoms with E-state index in [-0.39, 0.29) is 5.91 Å². The van der Waals surface area contributed by atoms with Crippen LogP contribution in [0.2, 0.25) is 0 Å². The third-order valence-corrected chi connectivity index (χ3v) is 5.04. The topological polar surface area (TPSA) is 50.8 Å². The van der Waals surface area contributed by atoms with Crippen molar-refractivity contribution in [1.82, 2.24) is 10.2 Å². The number of fused-ring (bicyclic) bond motifs is 1. The smallest absolute Gasteiger partial charge is 0.224 e. The Kier molecular flexibility index (Phi) is 6.71. The van der Waals surface area contributed by atoms with Gasteiger partial charge in [-0.1, -0.05) is 30.3 Å². The van der Waals surface area contributed by atoms with E-state index in [1.165, 1.54) is 16.7 Å². The molecule has 1 amide bonds. The van der Waals surface area contributed by atoms with E-state index in [1.807, 2.05) is 29.2 Å². The third kappa shape index (κ3) is 5.01. The number of ether oxygens (including phenoxy) is 2. The highest BCUT2D eigenvalue weighted by atomic mass is 16.5. The number of hydrogen-bond acceptors (Lipinski definition) is 4. The molecule has 0 spiro atoms. The number of nitrogens with zero attached hydrogens (tertiary/aromatic N) is 1. The maximum Gasteiger partial charge on any atom is 0.224 e. The van der Waals surface area contributed by atoms with E-state index < -0.39 is 0 Å². The maximum atomic E-state index is 12.5. The SMILES string of the molecule is COc1ccc(CCNCCC(=O)N2CCc3ccccc3C2)cc1OC. The summed E-state index contributed by atoms with van der Waals surface area (Å²) in [7, 11) is 3.28. The molecule has 1 N–H and O–H groups in total. The molecule has 0 fully saturated rings. The minimum Gasteiger partial charge on any atom is -0.493 e. The molecule has 1 heterocycles. The van der Waals surface area contributed by atoms with Gasteiger partial charge in [-0.3, -0.25) is 4.79 Å². The highest BCUT2D eigenvalue weighted by molar-refractivity contribution is 5.76. The van der Waals surface area contributed by atoms with Crippen molar-refractivity contribution in [2.24, 2.45) is 0 Å². The predicted molar refractivity (Wildman–Crippen MR) is 106 cm³/mol. The van der Waals surface area contributed by atoms with Crippen LogP contribution in [0, 0.1) is 0 Å². The molecule has 5 nitrogen and oxygen atoms in total. The molecule has 0 saturated heterocycles. The molecule has 1 aliphatic rings. The van der Waals surface area contributed by atoms with Crippen molar-refractivity contribution in [3.05, 3.63) is 59.2 Å². The van der Waals surface area contributed by atoms with E-state index in [2.05, 4.69) is 23.5 Å². The van der Waals surface area contributed by atoms with Gasteiger partial charge in [0.2, 0.25) is 5.91 Å². The Morgan fingerprint density at radius 3 is 2.59 bits per heavy atom. The second kappa shape index (κ2) is 9.42. The van der Waals surface area contributed by atoms with Crippen LogP contribution in [0.1, 0.15) is 23.1 Å². The fourth-order valence-electron chi connectivity index (χ4n) is 3.46. The molecular weight excluding hydrogens is 340 g/mol. The van der Waals surface area contributed by atoms with Crippen molar-refractivity contribution in [1.29, 1.82) is 0 Å². The fourth-order valence-corrected chi connectivity index (χ4v) is 3.46. The summed E-state index contributed by atoms with van der Waals surface area (Å²) in [5, 5.41) is 3.37. The molecular formula is C22H28N2O3. The van der Waals surface area contributed by atoms with Gasteiger partial charge in [-0.2, -0.15) is 0 Å². The van der Waals surface area contributed by atoms with Crippen LogP contribution in [-0.2, 0) is 24.2 Å². The maximum absolute atomic E-state index is 12.5. The molecule has 27 heavy (non-hydrogen) atoms. The van der Waals surface area contributed by atoms with Gasteiger partial charge in [-0.15, -0.1) is 0 Å². The average molecular weight is 368 g/mol. The summed E-state index contributed by atoms with van der Waals surface area (Å²) in [6.07, 6.45) is 2.37. The first kappa shape index (κ1) is 19.2. The van der Waals surface area contributed by atoms with Crippen LogP contribution in [0.5, 0.6) is 11.5 Å². The molecule has 144 valence electrons. The Labute approximate surface area is 161 Å². The minimum atomic E-state index is 0.225. The fraction of sp³-hybridized carbons (Fsp3) is 0.409. The van der Waals surface area contributed by atoms with E-state index in [1.54, 1.807) is 14.2 Å². The van der Waals surface area contributed by atoms with E-state index >= 15 is 0 Å². The lowest BCUT2D eigenvalue weighted by Crippen LogP contribution is -2.37. The van der Waals surface area contributed by atoms with E-state index in [0.29, 0.717) is 13.0 Å². The second-order valence-corrected chi connectivity index (χ2v) is 6.77. The van der Waals surface area contributed by atoms with Crippen molar-refractivity contribution in [2.75, 3.05) is 33.9 Å². The number of amides is 1. The van der Waals surface area contributed by atoms with Gasteiger partial charge in [0.25, 0.3) is 0 Å². The molecule has 0 aromatic heterocycles. The van der Waals surface area contributed by atoms with Gasteiger partial charge in [-0.25, -0.2) is 0 Å². The molecule has 3 rings (SSSR count). The molecule has 1 aliphatic heterocycles. The molecule has 0 bridgehead atoms. The Morgan fingerprint density at radius 2 is 1.81 bits per heavy atom. The predicted octanol–water partition coefficient (Wildman–Crippen LogP) is 2.81. The Balaban J connectivity index is 1.39. The zero-order valence-electron chi connectivity index (χ0n) is 16.2. The van der Waals surface area contributed by atoms with Crippen LogP contribution in [0.4, 0.5) is 0 Å². The molecule has 0 saturated carbocycles. The van der Waals surface area contributed by atoms with Gasteiger partial charge in [-0.05, 0) is 48.2 Å². The second-order valence-electron chi connectivity index (χ2n) is 6.77. The largest absolute Gasteiger partial charge is 0.493 e. The summed E-state index contributed by atoms with van der Waals surface area (Å²) in [6, 6.07) is 14.4. The minimum absolute atomic E-state index is 0.225. The van der Waals surface area contributed by atoms with Crippen molar-refractivity contribution in [2.45, 2.75) is 25.8 Å². The highest BCUT2D eigenvalue weighted by Crippen LogP contribution is 2.27. The summed E-state index contributed by atoms with van der Waals surface area (Å²) < 4.78 is 10.6. The number of benzene rings is 2. The summed E-state index contributed by atoms with van der Waals surface area (Å²) >= 11 is 0. The zero-order chi connectivity index (χ0) is 19.1. The first-order valence-electron chi connectivity index (χ1n) is 9.47. The molecule has 2 aromatic carbocycles. The lowest BCUT2D eigenvalue weighted by molar-refractivity contribution is -0.132. The Bertz CT molecular complexity index is 776. The Morgan fingerprint density at radius 1 is 1.04 bits per heavy atom. The lowest BCUT2D eigenvalue weighted by atomic mass is 10.00. The van der Waals surface area contributed by atoms with Gasteiger partial charge in [0.05, 0.1) is 14.2 Å². The molecule has 2 aromatic rings. The zero-order valence-corrected chi connectivity index (χ0v) is 16.2. The van der Waals surface area contributed by atoms with Crippen LogP contribution >= 0.6 is 0 Å². The molecule has 0 atom stereocenters. The summed E-state index contributed by atoms with van der Waals surface area (Å²) in [4.78, 5) is 14.4. The van der Waals surface area contributed by atoms with Crippen molar-refractivity contribution in [3.63, 3.8) is 0 Å². The van der Waals surface area contributed by atoms with Gasteiger partial charge in [0.1, 0.15) is 0 Å². The van der Waals surface area contributed by atoms with E-state index in [0.717, 1.165) is 44.0 Å². The number of carbonyl (C=O) groups is 1. The standard InChI is InChI=1S/C22H28N2O3/c1-26-20-8-7-17(15-21(20)27-2)9-12-23-13-10-22(25)24-14-11-18-5-3-4-6-19(18)16-24/h3-8,15,23H,9-14,16H2,1-2H3. The van der Waals surface area contributed by atoms with Crippen LogP contribution in [0.3, 0.4) is 0 Å². The number of hydrogen-bond donors (Lipinski definition) is 1. The quantitative estimate of drug-likeness (QED) is 0.728. The number of nitrogens with one attached hydrogen (secondary N) is 1. The lowest BCUT2D eigenvalue weighted by Gasteiger charge is -2.29. The van der Waals surface area contributed by atoms with Crippen molar-refractivity contribution < 1.29 is 14.3 Å². The Hall–Kier alpha value is -2.53. The van der Waals surface area contributed by atoms with Crippen LogP contribution < -0.4 is 14.8 Å².